The lowest BCUT2D eigenvalue weighted by Crippen LogP contribution is -2.13. The third-order valence-electron chi connectivity index (χ3n) is 3.14. The maximum Gasteiger partial charge on any atom is 0.303 e. The molecular weight excluding hydrogens is 296 g/mol. The molecule has 6 nitrogen and oxygen atoms in total. The van der Waals surface area contributed by atoms with Gasteiger partial charge in [0, 0.05) is 6.42 Å². The predicted octanol–water partition coefficient (Wildman–Crippen LogP) is 3.24. The molecule has 0 saturated heterocycles. The number of nitrogens with zero attached hydrogens (tertiary/aromatic N) is 1. The Balaban J connectivity index is 1.90. The second-order valence-corrected chi connectivity index (χ2v) is 4.92. The zero-order chi connectivity index (χ0) is 16.7. The van der Waals surface area contributed by atoms with E-state index in [9.17, 15) is 9.59 Å². The first kappa shape index (κ1) is 16.5. The van der Waals surface area contributed by atoms with Crippen LogP contribution in [0, 0.1) is 0 Å². The average Bonchev–Trinajstić information content (AvgIpc) is 2.55. The van der Waals surface area contributed by atoms with Crippen LogP contribution in [0.1, 0.15) is 25.3 Å². The van der Waals surface area contributed by atoms with Crippen LogP contribution < -0.4 is 10.1 Å². The number of carboxylic acid groups (broad SMARTS) is 1. The van der Waals surface area contributed by atoms with Gasteiger partial charge < -0.3 is 15.2 Å². The lowest BCUT2D eigenvalue weighted by molar-refractivity contribution is -0.138. The number of amides is 1. The van der Waals surface area contributed by atoms with Gasteiger partial charge in [0.1, 0.15) is 17.3 Å². The molecule has 23 heavy (non-hydrogen) atoms. The molecule has 1 aromatic heterocycles. The Bertz CT molecular complexity index is 666. The summed E-state index contributed by atoms with van der Waals surface area (Å²) in [5, 5.41) is 11.1. The Morgan fingerprint density at radius 3 is 2.35 bits per heavy atom. The standard InChI is InChI=1S/C17H18N2O4/c1-2-12-3-5-13(6-4-12)23-14-7-8-15(18-11-14)19-16(20)9-10-17(21)22/h3-8,11H,2,9-10H2,1H3,(H,21,22)(H,18,19,20). The molecule has 0 aliphatic rings. The summed E-state index contributed by atoms with van der Waals surface area (Å²) >= 11 is 0. The topological polar surface area (TPSA) is 88.5 Å². The van der Waals surface area contributed by atoms with E-state index in [0.29, 0.717) is 17.3 Å². The zero-order valence-corrected chi connectivity index (χ0v) is 12.8. The Hall–Kier alpha value is -2.89. The predicted molar refractivity (Wildman–Crippen MR) is 85.6 cm³/mol. The number of hydrogen-bond donors (Lipinski definition) is 2. The molecule has 1 heterocycles. The number of carboxylic acids is 1. The third kappa shape index (κ3) is 5.43. The fourth-order valence-corrected chi connectivity index (χ4v) is 1.87. The molecule has 0 atom stereocenters. The summed E-state index contributed by atoms with van der Waals surface area (Å²) in [6, 6.07) is 11.1. The van der Waals surface area contributed by atoms with Crippen molar-refractivity contribution in [2.45, 2.75) is 26.2 Å². The number of nitrogens with one attached hydrogen (secondary N) is 1. The van der Waals surface area contributed by atoms with E-state index in [1.807, 2.05) is 24.3 Å². The van der Waals surface area contributed by atoms with Crippen molar-refractivity contribution >= 4 is 17.7 Å². The number of carbonyl (C=O) groups is 2. The second-order valence-electron chi connectivity index (χ2n) is 4.92. The van der Waals surface area contributed by atoms with Gasteiger partial charge in [0.15, 0.2) is 0 Å². The quantitative estimate of drug-likeness (QED) is 0.819. The molecule has 1 amide bonds. The average molecular weight is 314 g/mol. The summed E-state index contributed by atoms with van der Waals surface area (Å²) in [7, 11) is 0. The van der Waals surface area contributed by atoms with Crippen LogP contribution in [-0.4, -0.2) is 22.0 Å². The number of carbonyl (C=O) groups excluding carboxylic acids is 1. The first-order chi connectivity index (χ1) is 11.1. The number of ether oxygens (including phenoxy) is 1. The highest BCUT2D eigenvalue weighted by molar-refractivity contribution is 5.91. The Morgan fingerprint density at radius 1 is 1.09 bits per heavy atom. The lowest BCUT2D eigenvalue weighted by atomic mass is 10.2. The molecule has 2 N–H and O–H groups in total. The molecule has 0 aliphatic heterocycles. The first-order valence-corrected chi connectivity index (χ1v) is 7.31. The number of rotatable bonds is 7. The normalized spacial score (nSPS) is 10.1. The van der Waals surface area contributed by atoms with Gasteiger partial charge in [-0.05, 0) is 36.2 Å². The van der Waals surface area contributed by atoms with Crippen LogP contribution in [0.25, 0.3) is 0 Å². The molecule has 2 aromatic rings. The number of pyridine rings is 1. The molecule has 6 heteroatoms. The van der Waals surface area contributed by atoms with Gasteiger partial charge in [-0.1, -0.05) is 19.1 Å². The lowest BCUT2D eigenvalue weighted by Gasteiger charge is -2.07. The SMILES string of the molecule is CCc1ccc(Oc2ccc(NC(=O)CCC(=O)O)nc2)cc1. The number of aromatic nitrogens is 1. The maximum absolute atomic E-state index is 11.5. The summed E-state index contributed by atoms with van der Waals surface area (Å²) in [5.74, 6) is 0.226. The second kappa shape index (κ2) is 7.93. The van der Waals surface area contributed by atoms with E-state index in [4.69, 9.17) is 9.84 Å². The molecular formula is C17H18N2O4. The Kier molecular flexibility index (Phi) is 5.68. The van der Waals surface area contributed by atoms with Gasteiger partial charge >= 0.3 is 5.97 Å². The van der Waals surface area contributed by atoms with Gasteiger partial charge in [0.2, 0.25) is 5.91 Å². The number of anilines is 1. The third-order valence-corrected chi connectivity index (χ3v) is 3.14. The summed E-state index contributed by atoms with van der Waals surface area (Å²) < 4.78 is 5.66. The summed E-state index contributed by atoms with van der Waals surface area (Å²) in [5.41, 5.74) is 1.23. The largest absolute Gasteiger partial charge is 0.481 e. The molecule has 120 valence electrons. The highest BCUT2D eigenvalue weighted by Gasteiger charge is 2.07. The zero-order valence-electron chi connectivity index (χ0n) is 12.8. The van der Waals surface area contributed by atoms with Crippen LogP contribution in [0.5, 0.6) is 11.5 Å². The van der Waals surface area contributed by atoms with Gasteiger partial charge in [-0.25, -0.2) is 4.98 Å². The summed E-state index contributed by atoms with van der Waals surface area (Å²) in [4.78, 5) is 26.0. The highest BCUT2D eigenvalue weighted by Crippen LogP contribution is 2.22. The van der Waals surface area contributed by atoms with E-state index >= 15 is 0 Å². The molecule has 0 aliphatic carbocycles. The van der Waals surface area contributed by atoms with E-state index < -0.39 is 5.97 Å². The molecule has 0 radical (unpaired) electrons. The van der Waals surface area contributed by atoms with E-state index in [-0.39, 0.29) is 18.7 Å². The van der Waals surface area contributed by atoms with Gasteiger partial charge in [-0.15, -0.1) is 0 Å². The monoisotopic (exact) mass is 314 g/mol. The van der Waals surface area contributed by atoms with E-state index in [1.54, 1.807) is 12.1 Å². The molecule has 0 bridgehead atoms. The van der Waals surface area contributed by atoms with Crippen molar-refractivity contribution in [3.63, 3.8) is 0 Å². The van der Waals surface area contributed by atoms with Crippen LogP contribution >= 0.6 is 0 Å². The number of hydrogen-bond acceptors (Lipinski definition) is 4. The van der Waals surface area contributed by atoms with Crippen LogP contribution in [0.3, 0.4) is 0 Å². The smallest absolute Gasteiger partial charge is 0.303 e. The van der Waals surface area contributed by atoms with Gasteiger partial charge in [0.05, 0.1) is 12.6 Å². The van der Waals surface area contributed by atoms with Gasteiger partial charge in [-0.3, -0.25) is 9.59 Å². The Morgan fingerprint density at radius 2 is 1.78 bits per heavy atom. The maximum atomic E-state index is 11.5. The first-order valence-electron chi connectivity index (χ1n) is 7.31. The van der Waals surface area contributed by atoms with Crippen molar-refractivity contribution in [2.75, 3.05) is 5.32 Å². The number of benzene rings is 1. The van der Waals surface area contributed by atoms with E-state index in [0.717, 1.165) is 6.42 Å². The van der Waals surface area contributed by atoms with Crippen molar-refractivity contribution in [3.05, 3.63) is 48.2 Å². The van der Waals surface area contributed by atoms with Crippen LogP contribution in [0.15, 0.2) is 42.6 Å². The fraction of sp³-hybridized carbons (Fsp3) is 0.235. The van der Waals surface area contributed by atoms with Crippen molar-refractivity contribution in [1.29, 1.82) is 0 Å². The summed E-state index contributed by atoms with van der Waals surface area (Å²) in [6.45, 7) is 2.09. The van der Waals surface area contributed by atoms with Crippen LogP contribution in [0.2, 0.25) is 0 Å². The Labute approximate surface area is 134 Å². The minimum absolute atomic E-state index is 0.0843. The van der Waals surface area contributed by atoms with Crippen molar-refractivity contribution in [1.82, 2.24) is 4.98 Å². The molecule has 0 fully saturated rings. The molecule has 0 unspecified atom stereocenters. The highest BCUT2D eigenvalue weighted by atomic mass is 16.5. The minimum atomic E-state index is -1.01. The van der Waals surface area contributed by atoms with E-state index in [1.165, 1.54) is 11.8 Å². The van der Waals surface area contributed by atoms with Crippen molar-refractivity contribution in [2.24, 2.45) is 0 Å². The van der Waals surface area contributed by atoms with Gasteiger partial charge in [0.25, 0.3) is 0 Å². The fourth-order valence-electron chi connectivity index (χ4n) is 1.87. The molecule has 1 aromatic carbocycles. The molecule has 0 spiro atoms. The van der Waals surface area contributed by atoms with Crippen LogP contribution in [0.4, 0.5) is 5.82 Å². The van der Waals surface area contributed by atoms with Crippen molar-refractivity contribution < 1.29 is 19.4 Å². The molecule has 0 saturated carbocycles. The number of aryl methyl sites for hydroxylation is 1. The van der Waals surface area contributed by atoms with Crippen LogP contribution in [-0.2, 0) is 16.0 Å². The molecule has 2 rings (SSSR count). The number of aliphatic carboxylic acids is 1. The van der Waals surface area contributed by atoms with E-state index in [2.05, 4.69) is 17.2 Å². The van der Waals surface area contributed by atoms with Crippen molar-refractivity contribution in [3.8, 4) is 11.5 Å². The summed E-state index contributed by atoms with van der Waals surface area (Å²) in [6.07, 6.45) is 2.18. The van der Waals surface area contributed by atoms with Gasteiger partial charge in [-0.2, -0.15) is 0 Å². The minimum Gasteiger partial charge on any atom is -0.481 e.